The van der Waals surface area contributed by atoms with Crippen LogP contribution in [-0.2, 0) is 13.1 Å². The molecular weight excluding hydrogens is 226 g/mol. The van der Waals surface area contributed by atoms with E-state index in [1.54, 1.807) is 18.7 Å². The number of pyridine rings is 1. The third-order valence-electron chi connectivity index (χ3n) is 2.79. The highest BCUT2D eigenvalue weighted by atomic mass is 15.0. The SMILES string of the molecule is c1cnc(Cn2ccnc2)c(Cn2ccnc2)c1. The van der Waals surface area contributed by atoms with Gasteiger partial charge in [0.1, 0.15) is 0 Å². The van der Waals surface area contributed by atoms with Crippen molar-refractivity contribution in [2.45, 2.75) is 13.1 Å². The molecule has 0 saturated carbocycles. The Bertz CT molecular complexity index is 543. The summed E-state index contributed by atoms with van der Waals surface area (Å²) in [7, 11) is 0. The minimum absolute atomic E-state index is 0.741. The molecule has 0 unspecified atom stereocenters. The minimum Gasteiger partial charge on any atom is -0.333 e. The van der Waals surface area contributed by atoms with Crippen molar-refractivity contribution in [1.29, 1.82) is 0 Å². The number of nitrogens with zero attached hydrogens (tertiary/aromatic N) is 5. The van der Waals surface area contributed by atoms with Crippen LogP contribution in [0.5, 0.6) is 0 Å². The summed E-state index contributed by atoms with van der Waals surface area (Å²) in [5.74, 6) is 0. The second-order valence-electron chi connectivity index (χ2n) is 4.08. The van der Waals surface area contributed by atoms with E-state index in [2.05, 4.69) is 21.0 Å². The van der Waals surface area contributed by atoms with Crippen LogP contribution in [0.2, 0.25) is 0 Å². The van der Waals surface area contributed by atoms with Crippen molar-refractivity contribution >= 4 is 0 Å². The third-order valence-corrected chi connectivity index (χ3v) is 2.79. The van der Waals surface area contributed by atoms with Gasteiger partial charge in [0.05, 0.1) is 31.4 Å². The Balaban J connectivity index is 1.85. The summed E-state index contributed by atoms with van der Waals surface area (Å²) >= 11 is 0. The highest BCUT2D eigenvalue weighted by molar-refractivity contribution is 5.20. The molecule has 3 heterocycles. The molecule has 0 radical (unpaired) electrons. The Morgan fingerprint density at radius 1 is 0.889 bits per heavy atom. The van der Waals surface area contributed by atoms with Gasteiger partial charge in [0.15, 0.2) is 0 Å². The molecular formula is C13H13N5. The normalized spacial score (nSPS) is 10.7. The van der Waals surface area contributed by atoms with Gasteiger partial charge in [0.25, 0.3) is 0 Å². The molecule has 0 bridgehead atoms. The fourth-order valence-electron chi connectivity index (χ4n) is 1.89. The summed E-state index contributed by atoms with van der Waals surface area (Å²) in [5, 5.41) is 0. The van der Waals surface area contributed by atoms with Gasteiger partial charge >= 0.3 is 0 Å². The molecule has 0 spiro atoms. The maximum atomic E-state index is 4.45. The molecule has 0 N–H and O–H groups in total. The van der Waals surface area contributed by atoms with E-state index in [0.717, 1.165) is 18.8 Å². The van der Waals surface area contributed by atoms with Crippen LogP contribution in [0.1, 0.15) is 11.3 Å². The van der Waals surface area contributed by atoms with Gasteiger partial charge in [-0.1, -0.05) is 6.07 Å². The average Bonchev–Trinajstić information content (AvgIpc) is 3.05. The molecule has 0 aliphatic heterocycles. The Morgan fingerprint density at radius 2 is 1.61 bits per heavy atom. The molecule has 0 aromatic carbocycles. The Kier molecular flexibility index (Phi) is 2.87. The fourth-order valence-corrected chi connectivity index (χ4v) is 1.89. The van der Waals surface area contributed by atoms with Crippen LogP contribution in [0, 0.1) is 0 Å². The molecule has 18 heavy (non-hydrogen) atoms. The van der Waals surface area contributed by atoms with Crippen LogP contribution in [0.25, 0.3) is 0 Å². The smallest absolute Gasteiger partial charge is 0.0949 e. The van der Waals surface area contributed by atoms with Gasteiger partial charge in [-0.15, -0.1) is 0 Å². The van der Waals surface area contributed by atoms with Crippen LogP contribution in [-0.4, -0.2) is 24.1 Å². The second-order valence-corrected chi connectivity index (χ2v) is 4.08. The molecule has 0 aliphatic carbocycles. The molecule has 3 rings (SSSR count). The standard InChI is InChI=1S/C13H13N5/c1-2-12(8-17-6-4-14-10-17)13(16-3-1)9-18-7-5-15-11-18/h1-7,10-11H,8-9H2. The van der Waals surface area contributed by atoms with E-state index in [9.17, 15) is 0 Å². The van der Waals surface area contributed by atoms with E-state index in [-0.39, 0.29) is 0 Å². The first-order valence-electron chi connectivity index (χ1n) is 5.76. The monoisotopic (exact) mass is 239 g/mol. The van der Waals surface area contributed by atoms with Gasteiger partial charge < -0.3 is 9.13 Å². The molecule has 0 saturated heterocycles. The third kappa shape index (κ3) is 2.29. The minimum atomic E-state index is 0.741. The van der Waals surface area contributed by atoms with Crippen LogP contribution >= 0.6 is 0 Å². The number of aromatic nitrogens is 5. The lowest BCUT2D eigenvalue weighted by Crippen LogP contribution is -2.06. The van der Waals surface area contributed by atoms with Gasteiger partial charge in [0, 0.05) is 31.0 Å². The number of imidazole rings is 2. The highest BCUT2D eigenvalue weighted by Gasteiger charge is 2.04. The number of rotatable bonds is 4. The van der Waals surface area contributed by atoms with E-state index in [1.807, 2.05) is 40.1 Å². The summed E-state index contributed by atoms with van der Waals surface area (Å²) in [6.45, 7) is 1.53. The molecule has 3 aromatic heterocycles. The Hall–Kier alpha value is -2.43. The first-order chi connectivity index (χ1) is 8.92. The zero-order valence-corrected chi connectivity index (χ0v) is 9.85. The van der Waals surface area contributed by atoms with E-state index in [0.29, 0.717) is 0 Å². The predicted molar refractivity (Wildman–Crippen MR) is 66.9 cm³/mol. The summed E-state index contributed by atoms with van der Waals surface area (Å²) in [5.41, 5.74) is 2.26. The molecule has 90 valence electrons. The van der Waals surface area contributed by atoms with Crippen molar-refractivity contribution in [1.82, 2.24) is 24.1 Å². The zero-order chi connectivity index (χ0) is 12.2. The topological polar surface area (TPSA) is 48.5 Å². The second kappa shape index (κ2) is 4.83. The van der Waals surface area contributed by atoms with Crippen molar-refractivity contribution < 1.29 is 0 Å². The summed E-state index contributed by atoms with van der Waals surface area (Å²) in [6, 6.07) is 4.06. The largest absolute Gasteiger partial charge is 0.333 e. The lowest BCUT2D eigenvalue weighted by atomic mass is 10.2. The van der Waals surface area contributed by atoms with E-state index < -0.39 is 0 Å². The van der Waals surface area contributed by atoms with Crippen LogP contribution < -0.4 is 0 Å². The molecule has 5 nitrogen and oxygen atoms in total. The van der Waals surface area contributed by atoms with E-state index in [4.69, 9.17) is 0 Å². The van der Waals surface area contributed by atoms with E-state index >= 15 is 0 Å². The first kappa shape index (κ1) is 10.7. The van der Waals surface area contributed by atoms with Crippen molar-refractivity contribution in [2.24, 2.45) is 0 Å². The summed E-state index contributed by atoms with van der Waals surface area (Å²) in [4.78, 5) is 12.5. The maximum absolute atomic E-state index is 4.45. The van der Waals surface area contributed by atoms with E-state index in [1.165, 1.54) is 5.56 Å². The summed E-state index contributed by atoms with van der Waals surface area (Å²) in [6.07, 6.45) is 12.9. The van der Waals surface area contributed by atoms with Gasteiger partial charge in [0.2, 0.25) is 0 Å². The molecule has 0 amide bonds. The zero-order valence-electron chi connectivity index (χ0n) is 9.85. The molecule has 0 fully saturated rings. The average molecular weight is 239 g/mol. The van der Waals surface area contributed by atoms with Crippen LogP contribution in [0.3, 0.4) is 0 Å². The van der Waals surface area contributed by atoms with Gasteiger partial charge in [-0.2, -0.15) is 0 Å². The van der Waals surface area contributed by atoms with Crippen molar-refractivity contribution in [2.75, 3.05) is 0 Å². The number of hydrogen-bond donors (Lipinski definition) is 0. The van der Waals surface area contributed by atoms with Crippen molar-refractivity contribution in [3.05, 3.63) is 67.0 Å². The summed E-state index contributed by atoms with van der Waals surface area (Å²) < 4.78 is 4.05. The lowest BCUT2D eigenvalue weighted by Gasteiger charge is -2.09. The molecule has 0 aliphatic rings. The Labute approximate surface area is 105 Å². The van der Waals surface area contributed by atoms with Gasteiger partial charge in [-0.05, 0) is 11.6 Å². The van der Waals surface area contributed by atoms with Crippen LogP contribution in [0.4, 0.5) is 0 Å². The molecule has 5 heteroatoms. The van der Waals surface area contributed by atoms with Crippen molar-refractivity contribution in [3.8, 4) is 0 Å². The number of hydrogen-bond acceptors (Lipinski definition) is 3. The Morgan fingerprint density at radius 3 is 2.28 bits per heavy atom. The predicted octanol–water partition coefficient (Wildman–Crippen LogP) is 1.57. The molecule has 0 atom stereocenters. The maximum Gasteiger partial charge on any atom is 0.0949 e. The van der Waals surface area contributed by atoms with Crippen molar-refractivity contribution in [3.63, 3.8) is 0 Å². The van der Waals surface area contributed by atoms with Crippen LogP contribution in [0.15, 0.2) is 55.8 Å². The lowest BCUT2D eigenvalue weighted by molar-refractivity contribution is 0.728. The van der Waals surface area contributed by atoms with Gasteiger partial charge in [-0.3, -0.25) is 4.98 Å². The fraction of sp³-hybridized carbons (Fsp3) is 0.154. The first-order valence-corrected chi connectivity index (χ1v) is 5.76. The highest BCUT2D eigenvalue weighted by Crippen LogP contribution is 2.09. The van der Waals surface area contributed by atoms with Gasteiger partial charge in [-0.25, -0.2) is 9.97 Å². The quantitative estimate of drug-likeness (QED) is 0.694. The molecule has 3 aromatic rings.